The molecule has 0 amide bonds. The highest BCUT2D eigenvalue weighted by Gasteiger charge is 2.30. The molecule has 1 heterocycles. The third kappa shape index (κ3) is 3.40. The number of benzene rings is 1. The van der Waals surface area contributed by atoms with Gasteiger partial charge < -0.3 is 11.1 Å². The highest BCUT2D eigenvalue weighted by atomic mass is 15.2. The molecule has 3 rings (SSSR count). The summed E-state index contributed by atoms with van der Waals surface area (Å²) >= 11 is 0. The van der Waals surface area contributed by atoms with Crippen molar-refractivity contribution in [1.29, 1.82) is 0 Å². The highest BCUT2D eigenvalue weighted by Crippen LogP contribution is 2.40. The fourth-order valence-corrected chi connectivity index (χ4v) is 3.18. The quantitative estimate of drug-likeness (QED) is 0.866. The highest BCUT2D eigenvalue weighted by molar-refractivity contribution is 5.27. The first-order chi connectivity index (χ1) is 9.74. The van der Waals surface area contributed by atoms with Crippen molar-refractivity contribution in [3.8, 4) is 0 Å². The summed E-state index contributed by atoms with van der Waals surface area (Å²) in [5, 5.41) is 3.46. The lowest BCUT2D eigenvalue weighted by atomic mass is 9.96. The number of nitrogens with zero attached hydrogens (tertiary/aromatic N) is 1. The molecule has 3 heteroatoms. The molecule has 3 nitrogen and oxygen atoms in total. The molecule has 1 aromatic carbocycles. The maximum atomic E-state index is 5.95. The average Bonchev–Trinajstić information content (AvgIpc) is 3.30. The Morgan fingerprint density at radius 1 is 1.15 bits per heavy atom. The summed E-state index contributed by atoms with van der Waals surface area (Å²) in [6.45, 7) is 6.64. The first kappa shape index (κ1) is 14.1. The van der Waals surface area contributed by atoms with Gasteiger partial charge in [-0.05, 0) is 30.4 Å². The predicted octanol–water partition coefficient (Wildman–Crippen LogP) is 2.45. The van der Waals surface area contributed by atoms with Gasteiger partial charge in [-0.1, -0.05) is 37.1 Å². The smallest absolute Gasteiger partial charge is 0.0351 e. The number of nitrogens with one attached hydrogen (secondary N) is 1. The summed E-state index contributed by atoms with van der Waals surface area (Å²) in [6, 6.07) is 9.75. The molecule has 0 radical (unpaired) electrons. The van der Waals surface area contributed by atoms with Crippen molar-refractivity contribution in [2.24, 2.45) is 11.7 Å². The largest absolute Gasteiger partial charge is 0.324 e. The number of rotatable bonds is 5. The van der Waals surface area contributed by atoms with E-state index in [4.69, 9.17) is 5.73 Å². The van der Waals surface area contributed by atoms with Gasteiger partial charge in [0.25, 0.3) is 0 Å². The molecule has 1 aromatic rings. The number of hydrogen-bond donors (Lipinski definition) is 2. The van der Waals surface area contributed by atoms with E-state index in [0.717, 1.165) is 19.0 Å². The molecule has 2 atom stereocenters. The van der Waals surface area contributed by atoms with Gasteiger partial charge in [0.15, 0.2) is 0 Å². The molecule has 2 fully saturated rings. The van der Waals surface area contributed by atoms with Crippen LogP contribution in [0.4, 0.5) is 0 Å². The van der Waals surface area contributed by atoms with E-state index in [0.29, 0.717) is 6.04 Å². The van der Waals surface area contributed by atoms with Crippen LogP contribution in [-0.4, -0.2) is 31.1 Å². The van der Waals surface area contributed by atoms with E-state index in [1.54, 1.807) is 0 Å². The van der Waals surface area contributed by atoms with Gasteiger partial charge in [-0.2, -0.15) is 0 Å². The van der Waals surface area contributed by atoms with Gasteiger partial charge in [-0.3, -0.25) is 4.90 Å². The Hall–Kier alpha value is -0.900. The first-order valence-electron chi connectivity index (χ1n) is 8.04. The van der Waals surface area contributed by atoms with Crippen molar-refractivity contribution in [2.75, 3.05) is 26.2 Å². The van der Waals surface area contributed by atoms with E-state index >= 15 is 0 Å². The molecule has 0 spiro atoms. The van der Waals surface area contributed by atoms with E-state index in [9.17, 15) is 0 Å². The minimum Gasteiger partial charge on any atom is -0.324 e. The monoisotopic (exact) mass is 273 g/mol. The van der Waals surface area contributed by atoms with E-state index in [-0.39, 0.29) is 6.04 Å². The van der Waals surface area contributed by atoms with E-state index < -0.39 is 0 Å². The zero-order valence-electron chi connectivity index (χ0n) is 12.5. The summed E-state index contributed by atoms with van der Waals surface area (Å²) in [4.78, 5) is 2.66. The van der Waals surface area contributed by atoms with E-state index in [1.807, 2.05) is 6.92 Å². The third-order valence-corrected chi connectivity index (χ3v) is 4.69. The minimum absolute atomic E-state index is 0.130. The summed E-state index contributed by atoms with van der Waals surface area (Å²) in [7, 11) is 0. The second-order valence-electron chi connectivity index (χ2n) is 6.44. The van der Waals surface area contributed by atoms with Gasteiger partial charge in [0.1, 0.15) is 0 Å². The van der Waals surface area contributed by atoms with Crippen LogP contribution in [0.1, 0.15) is 49.4 Å². The van der Waals surface area contributed by atoms with Gasteiger partial charge in [0, 0.05) is 38.3 Å². The molecule has 2 aliphatic rings. The molecule has 0 bridgehead atoms. The van der Waals surface area contributed by atoms with Gasteiger partial charge in [-0.25, -0.2) is 0 Å². The van der Waals surface area contributed by atoms with Gasteiger partial charge in [-0.15, -0.1) is 0 Å². The molecule has 0 aromatic heterocycles. The van der Waals surface area contributed by atoms with Crippen molar-refractivity contribution in [2.45, 2.75) is 38.3 Å². The SMILES string of the molecule is C[C@H](N)c1ccc([C@H](CC2CC2)N2CCNCC2)cc1. The summed E-state index contributed by atoms with van der Waals surface area (Å²) in [5.74, 6) is 0.961. The molecule has 0 unspecified atom stereocenters. The Morgan fingerprint density at radius 2 is 1.75 bits per heavy atom. The molecular formula is C17H27N3. The maximum absolute atomic E-state index is 5.95. The number of hydrogen-bond acceptors (Lipinski definition) is 3. The summed E-state index contributed by atoms with van der Waals surface area (Å²) in [5.41, 5.74) is 8.67. The second kappa shape index (κ2) is 6.25. The molecule has 3 N–H and O–H groups in total. The molecule has 1 saturated heterocycles. The van der Waals surface area contributed by atoms with Crippen LogP contribution >= 0.6 is 0 Å². The van der Waals surface area contributed by atoms with E-state index in [2.05, 4.69) is 34.5 Å². The first-order valence-corrected chi connectivity index (χ1v) is 8.04. The number of piperazine rings is 1. The number of nitrogens with two attached hydrogens (primary N) is 1. The molecule has 20 heavy (non-hydrogen) atoms. The standard InChI is InChI=1S/C17H27N3/c1-13(18)15-4-6-16(7-5-15)17(12-14-2-3-14)20-10-8-19-9-11-20/h4-7,13-14,17,19H,2-3,8-12,18H2,1H3/t13-,17-/m0/s1. The molecular weight excluding hydrogens is 246 g/mol. The van der Waals surface area contributed by atoms with Crippen LogP contribution < -0.4 is 11.1 Å². The summed E-state index contributed by atoms with van der Waals surface area (Å²) < 4.78 is 0. The van der Waals surface area contributed by atoms with Crippen LogP contribution in [0.5, 0.6) is 0 Å². The van der Waals surface area contributed by atoms with Crippen LogP contribution in [0.15, 0.2) is 24.3 Å². The molecule has 1 saturated carbocycles. The normalized spacial score (nSPS) is 23.5. The zero-order chi connectivity index (χ0) is 13.9. The fourth-order valence-electron chi connectivity index (χ4n) is 3.18. The van der Waals surface area contributed by atoms with Crippen molar-refractivity contribution in [3.63, 3.8) is 0 Å². The van der Waals surface area contributed by atoms with Crippen molar-refractivity contribution in [3.05, 3.63) is 35.4 Å². The van der Waals surface area contributed by atoms with Crippen LogP contribution in [-0.2, 0) is 0 Å². The zero-order valence-corrected chi connectivity index (χ0v) is 12.5. The Bertz CT molecular complexity index is 416. The minimum atomic E-state index is 0.130. The van der Waals surface area contributed by atoms with Crippen LogP contribution in [0, 0.1) is 5.92 Å². The van der Waals surface area contributed by atoms with Crippen molar-refractivity contribution in [1.82, 2.24) is 10.2 Å². The van der Waals surface area contributed by atoms with E-state index in [1.165, 1.54) is 43.5 Å². The second-order valence-corrected chi connectivity index (χ2v) is 6.44. The van der Waals surface area contributed by atoms with Crippen LogP contribution in [0.2, 0.25) is 0 Å². The fraction of sp³-hybridized carbons (Fsp3) is 0.647. The van der Waals surface area contributed by atoms with Crippen LogP contribution in [0.3, 0.4) is 0 Å². The van der Waals surface area contributed by atoms with Gasteiger partial charge in [0.2, 0.25) is 0 Å². The lowest BCUT2D eigenvalue weighted by Crippen LogP contribution is -2.45. The third-order valence-electron chi connectivity index (χ3n) is 4.69. The molecule has 1 aliphatic carbocycles. The van der Waals surface area contributed by atoms with Crippen molar-refractivity contribution >= 4 is 0 Å². The van der Waals surface area contributed by atoms with Crippen LogP contribution in [0.25, 0.3) is 0 Å². The van der Waals surface area contributed by atoms with Gasteiger partial charge >= 0.3 is 0 Å². The molecule has 1 aliphatic heterocycles. The lowest BCUT2D eigenvalue weighted by molar-refractivity contribution is 0.160. The maximum Gasteiger partial charge on any atom is 0.0351 e. The van der Waals surface area contributed by atoms with Crippen molar-refractivity contribution < 1.29 is 0 Å². The van der Waals surface area contributed by atoms with Gasteiger partial charge in [0.05, 0.1) is 0 Å². The Balaban J connectivity index is 1.76. The lowest BCUT2D eigenvalue weighted by Gasteiger charge is -2.35. The Morgan fingerprint density at radius 3 is 2.30 bits per heavy atom. The topological polar surface area (TPSA) is 41.3 Å². The Labute approximate surface area is 122 Å². The summed E-state index contributed by atoms with van der Waals surface area (Å²) in [6.07, 6.45) is 4.19. The molecule has 110 valence electrons. The average molecular weight is 273 g/mol. The predicted molar refractivity (Wildman–Crippen MR) is 83.6 cm³/mol. The Kier molecular flexibility index (Phi) is 4.39.